The molecule has 206 valence electrons. The summed E-state index contributed by atoms with van der Waals surface area (Å²) in [5.74, 6) is 0.341. The van der Waals surface area contributed by atoms with Crippen LogP contribution in [-0.4, -0.2) is 47.5 Å². The zero-order valence-corrected chi connectivity index (χ0v) is 21.6. The van der Waals surface area contributed by atoms with Crippen molar-refractivity contribution in [3.8, 4) is 23.0 Å². The molecule has 0 aliphatic carbocycles. The van der Waals surface area contributed by atoms with Crippen LogP contribution in [0.15, 0.2) is 66.7 Å². The molecule has 3 aromatic rings. The molecule has 2 aliphatic heterocycles. The zero-order chi connectivity index (χ0) is 27.4. The van der Waals surface area contributed by atoms with Gasteiger partial charge in [0, 0.05) is 23.7 Å². The van der Waals surface area contributed by atoms with Gasteiger partial charge in [0.2, 0.25) is 0 Å². The first kappa shape index (κ1) is 26.9. The lowest BCUT2D eigenvalue weighted by molar-refractivity contribution is -0.0695. The number of nitrogens with zero attached hydrogens (tertiary/aromatic N) is 1. The molecule has 1 atom stereocenters. The van der Waals surface area contributed by atoms with Gasteiger partial charge in [-0.15, -0.1) is 0 Å². The SMILES string of the molecule is Oc1ccc(C2=C(C(F)(F)F)c3ccc(O)cc3OC2c2ccc(OCCCN3CCCCCC3)cc2)cc1. The van der Waals surface area contributed by atoms with Gasteiger partial charge in [0.1, 0.15) is 23.0 Å². The van der Waals surface area contributed by atoms with Crippen molar-refractivity contribution in [1.29, 1.82) is 0 Å². The van der Waals surface area contributed by atoms with Crippen LogP contribution >= 0.6 is 0 Å². The molecule has 2 N–H and O–H groups in total. The molecule has 0 aromatic heterocycles. The normalized spacial score (nSPS) is 18.3. The quantitative estimate of drug-likeness (QED) is 0.308. The molecule has 0 bridgehead atoms. The Morgan fingerprint density at radius 1 is 0.846 bits per heavy atom. The van der Waals surface area contributed by atoms with Crippen LogP contribution in [0.2, 0.25) is 0 Å². The van der Waals surface area contributed by atoms with E-state index >= 15 is 0 Å². The van der Waals surface area contributed by atoms with Gasteiger partial charge in [-0.05, 0) is 79.9 Å². The van der Waals surface area contributed by atoms with E-state index in [9.17, 15) is 23.4 Å². The summed E-state index contributed by atoms with van der Waals surface area (Å²) >= 11 is 0. The summed E-state index contributed by atoms with van der Waals surface area (Å²) in [7, 11) is 0. The number of phenolic OH excluding ortho intramolecular Hbond substituents is 2. The molecule has 39 heavy (non-hydrogen) atoms. The molecule has 8 heteroatoms. The Hall–Kier alpha value is -3.65. The number of benzene rings is 3. The predicted molar refractivity (Wildman–Crippen MR) is 144 cm³/mol. The molecule has 0 saturated carbocycles. The molecule has 5 nitrogen and oxygen atoms in total. The summed E-state index contributed by atoms with van der Waals surface area (Å²) in [4.78, 5) is 2.48. The van der Waals surface area contributed by atoms with Gasteiger partial charge in [-0.1, -0.05) is 37.1 Å². The maximum atomic E-state index is 14.6. The fraction of sp³-hybridized carbons (Fsp3) is 0.355. The third-order valence-electron chi connectivity index (χ3n) is 7.24. The lowest BCUT2D eigenvalue weighted by atomic mass is 9.85. The monoisotopic (exact) mass is 539 g/mol. The number of halogens is 3. The van der Waals surface area contributed by atoms with E-state index in [-0.39, 0.29) is 33.9 Å². The minimum atomic E-state index is -4.70. The lowest BCUT2D eigenvalue weighted by Gasteiger charge is -2.33. The number of hydrogen-bond acceptors (Lipinski definition) is 5. The predicted octanol–water partition coefficient (Wildman–Crippen LogP) is 7.35. The Morgan fingerprint density at radius 3 is 2.18 bits per heavy atom. The van der Waals surface area contributed by atoms with Crippen molar-refractivity contribution in [2.24, 2.45) is 0 Å². The number of fused-ring (bicyclic) bond motifs is 1. The van der Waals surface area contributed by atoms with Gasteiger partial charge in [0.15, 0.2) is 6.10 Å². The third kappa shape index (κ3) is 6.33. The number of allylic oxidation sites excluding steroid dienone is 1. The van der Waals surface area contributed by atoms with Crippen molar-refractivity contribution < 1.29 is 32.9 Å². The summed E-state index contributed by atoms with van der Waals surface area (Å²) in [5.41, 5.74) is -0.271. The van der Waals surface area contributed by atoms with Gasteiger partial charge in [-0.25, -0.2) is 0 Å². The molecule has 3 aromatic carbocycles. The van der Waals surface area contributed by atoms with E-state index < -0.39 is 17.9 Å². The number of aromatic hydroxyl groups is 2. The molecular formula is C31H32F3NO4. The molecule has 0 spiro atoms. The minimum Gasteiger partial charge on any atom is -0.508 e. The van der Waals surface area contributed by atoms with Crippen molar-refractivity contribution in [3.05, 3.63) is 83.4 Å². The van der Waals surface area contributed by atoms with Crippen LogP contribution in [0.25, 0.3) is 11.1 Å². The molecule has 2 heterocycles. The standard InChI is InChI=1S/C31H32F3NO4/c32-31(33,34)29-26-15-12-24(37)20-27(26)39-30(28(29)21-6-10-23(36)11-7-21)22-8-13-25(14-9-22)38-19-5-18-35-16-3-1-2-4-17-35/h6-15,20,30,36-37H,1-5,16-19H2. The number of rotatable bonds is 7. The summed E-state index contributed by atoms with van der Waals surface area (Å²) in [5, 5.41) is 19.7. The van der Waals surface area contributed by atoms with Gasteiger partial charge in [0.05, 0.1) is 12.2 Å². The summed E-state index contributed by atoms with van der Waals surface area (Å²) in [6, 6.07) is 16.1. The largest absolute Gasteiger partial charge is 0.508 e. The Morgan fingerprint density at radius 2 is 1.51 bits per heavy atom. The van der Waals surface area contributed by atoms with E-state index in [2.05, 4.69) is 4.90 Å². The Balaban J connectivity index is 1.40. The number of hydrogen-bond donors (Lipinski definition) is 2. The lowest BCUT2D eigenvalue weighted by Crippen LogP contribution is -2.26. The fourth-order valence-corrected chi connectivity index (χ4v) is 5.33. The molecule has 1 unspecified atom stereocenters. The Labute approximate surface area is 226 Å². The third-order valence-corrected chi connectivity index (χ3v) is 7.24. The van der Waals surface area contributed by atoms with Crippen molar-refractivity contribution in [2.45, 2.75) is 44.4 Å². The highest BCUT2D eigenvalue weighted by Crippen LogP contribution is 2.53. The van der Waals surface area contributed by atoms with Crippen LogP contribution in [0, 0.1) is 0 Å². The fourth-order valence-electron chi connectivity index (χ4n) is 5.33. The van der Waals surface area contributed by atoms with Crippen molar-refractivity contribution in [1.82, 2.24) is 4.90 Å². The molecular weight excluding hydrogens is 507 g/mol. The summed E-state index contributed by atoms with van der Waals surface area (Å²) in [6.45, 7) is 3.81. The van der Waals surface area contributed by atoms with E-state index in [1.54, 1.807) is 24.3 Å². The van der Waals surface area contributed by atoms with Crippen molar-refractivity contribution >= 4 is 11.1 Å². The van der Waals surface area contributed by atoms with Crippen molar-refractivity contribution in [2.75, 3.05) is 26.2 Å². The average Bonchev–Trinajstić information content (AvgIpc) is 3.19. The van der Waals surface area contributed by atoms with E-state index in [4.69, 9.17) is 9.47 Å². The maximum Gasteiger partial charge on any atom is 0.417 e. The Kier molecular flexibility index (Phi) is 8.02. The minimum absolute atomic E-state index is 0.0520. The molecule has 0 amide bonds. The summed E-state index contributed by atoms with van der Waals surface area (Å²) in [6.07, 6.45) is 0.181. The van der Waals surface area contributed by atoms with E-state index in [0.29, 0.717) is 17.9 Å². The van der Waals surface area contributed by atoms with Crippen LogP contribution in [0.1, 0.15) is 54.9 Å². The van der Waals surface area contributed by atoms with Crippen LogP contribution in [0.5, 0.6) is 23.0 Å². The van der Waals surface area contributed by atoms with Crippen LogP contribution < -0.4 is 9.47 Å². The number of likely N-dealkylation sites (tertiary alicyclic amines) is 1. The molecule has 0 radical (unpaired) electrons. The second kappa shape index (κ2) is 11.6. The number of ether oxygens (including phenoxy) is 2. The van der Waals surface area contributed by atoms with Crippen molar-refractivity contribution in [3.63, 3.8) is 0 Å². The maximum absolute atomic E-state index is 14.6. The molecule has 5 rings (SSSR count). The molecule has 1 fully saturated rings. The van der Waals surface area contributed by atoms with Crippen LogP contribution in [0.3, 0.4) is 0 Å². The van der Waals surface area contributed by atoms with Gasteiger partial charge < -0.3 is 24.6 Å². The number of phenols is 2. The topological polar surface area (TPSA) is 62.2 Å². The van der Waals surface area contributed by atoms with E-state index in [0.717, 1.165) is 26.1 Å². The molecule has 2 aliphatic rings. The highest BCUT2D eigenvalue weighted by molar-refractivity contribution is 5.98. The second-order valence-corrected chi connectivity index (χ2v) is 10.0. The molecule has 1 saturated heterocycles. The average molecular weight is 540 g/mol. The van der Waals surface area contributed by atoms with Crippen LogP contribution in [-0.2, 0) is 0 Å². The van der Waals surface area contributed by atoms with Gasteiger partial charge in [-0.3, -0.25) is 0 Å². The smallest absolute Gasteiger partial charge is 0.417 e. The summed E-state index contributed by atoms with van der Waals surface area (Å²) < 4.78 is 55.7. The van der Waals surface area contributed by atoms with Crippen LogP contribution in [0.4, 0.5) is 13.2 Å². The van der Waals surface area contributed by atoms with Gasteiger partial charge in [0.25, 0.3) is 0 Å². The van der Waals surface area contributed by atoms with E-state index in [1.165, 1.54) is 68.1 Å². The van der Waals surface area contributed by atoms with Gasteiger partial charge >= 0.3 is 6.18 Å². The number of alkyl halides is 3. The highest BCUT2D eigenvalue weighted by atomic mass is 19.4. The highest BCUT2D eigenvalue weighted by Gasteiger charge is 2.44. The first-order chi connectivity index (χ1) is 18.8. The second-order valence-electron chi connectivity index (χ2n) is 10.0. The van der Waals surface area contributed by atoms with E-state index in [1.807, 2.05) is 0 Å². The zero-order valence-electron chi connectivity index (χ0n) is 21.6. The first-order valence-corrected chi connectivity index (χ1v) is 13.4. The van der Waals surface area contributed by atoms with Gasteiger partial charge in [-0.2, -0.15) is 13.2 Å². The Bertz CT molecular complexity index is 1290. The first-order valence-electron chi connectivity index (χ1n) is 13.4.